The van der Waals surface area contributed by atoms with Crippen molar-refractivity contribution in [2.24, 2.45) is 0 Å². The average molecular weight is 468 g/mol. The number of carboxylic acids is 1. The summed E-state index contributed by atoms with van der Waals surface area (Å²) < 4.78 is 5.66. The van der Waals surface area contributed by atoms with Crippen molar-refractivity contribution in [2.45, 2.75) is 46.2 Å². The average Bonchev–Trinajstić information content (AvgIpc) is 2.86. The van der Waals surface area contributed by atoms with Crippen LogP contribution in [0.25, 0.3) is 21.9 Å². The van der Waals surface area contributed by atoms with Gasteiger partial charge in [0.2, 0.25) is 0 Å². The van der Waals surface area contributed by atoms with E-state index in [2.05, 4.69) is 79.0 Å². The molecule has 0 amide bonds. The molecule has 0 aliphatic rings. The zero-order valence-electron chi connectivity index (χ0n) is 20.7. The van der Waals surface area contributed by atoms with Crippen LogP contribution in [0, 0.1) is 6.92 Å². The van der Waals surface area contributed by atoms with Crippen molar-refractivity contribution in [2.75, 3.05) is 6.61 Å². The fourth-order valence-corrected chi connectivity index (χ4v) is 4.49. The minimum absolute atomic E-state index is 0.136. The van der Waals surface area contributed by atoms with Crippen LogP contribution in [-0.4, -0.2) is 17.7 Å². The molecule has 4 aromatic carbocycles. The van der Waals surface area contributed by atoms with E-state index in [-0.39, 0.29) is 12.5 Å². The normalized spacial score (nSPS) is 12.0. The van der Waals surface area contributed by atoms with Gasteiger partial charge in [-0.05, 0) is 95.6 Å². The Kier molecular flexibility index (Phi) is 7.84. The highest BCUT2D eigenvalue weighted by Crippen LogP contribution is 2.32. The van der Waals surface area contributed by atoms with E-state index >= 15 is 0 Å². The minimum atomic E-state index is -0.769. The first kappa shape index (κ1) is 24.5. The molecule has 0 saturated heterocycles. The van der Waals surface area contributed by atoms with Crippen molar-refractivity contribution < 1.29 is 14.6 Å². The van der Waals surface area contributed by atoms with Crippen LogP contribution < -0.4 is 10.1 Å². The van der Waals surface area contributed by atoms with Crippen LogP contribution in [0.4, 0.5) is 0 Å². The zero-order valence-corrected chi connectivity index (χ0v) is 20.7. The minimum Gasteiger partial charge on any atom is -0.494 e. The number of ether oxygens (including phenoxy) is 1. The summed E-state index contributed by atoms with van der Waals surface area (Å²) in [5.41, 5.74) is 6.90. The Hall–Kier alpha value is -3.63. The van der Waals surface area contributed by atoms with E-state index < -0.39 is 5.97 Å². The van der Waals surface area contributed by atoms with Gasteiger partial charge in [-0.3, -0.25) is 4.79 Å². The predicted octanol–water partition coefficient (Wildman–Crippen LogP) is 7.08. The van der Waals surface area contributed by atoms with Crippen LogP contribution in [0.5, 0.6) is 5.75 Å². The Morgan fingerprint density at radius 1 is 1.00 bits per heavy atom. The molecule has 0 fully saturated rings. The molecule has 0 radical (unpaired) electrons. The van der Waals surface area contributed by atoms with Crippen molar-refractivity contribution in [3.05, 3.63) is 101 Å². The molecule has 0 bridgehead atoms. The molecule has 0 aliphatic carbocycles. The molecule has 1 unspecified atom stereocenters. The van der Waals surface area contributed by atoms with Crippen molar-refractivity contribution in [3.63, 3.8) is 0 Å². The summed E-state index contributed by atoms with van der Waals surface area (Å²) in [4.78, 5) is 11.1. The maximum atomic E-state index is 11.1. The van der Waals surface area contributed by atoms with E-state index in [0.717, 1.165) is 29.0 Å². The summed E-state index contributed by atoms with van der Waals surface area (Å²) in [5.74, 6) is 0.124. The standard InChI is InChI=1S/C31H33NO3/c1-4-35-28-10-7-9-25(19-28)22(3)32-20-23-16-26-8-5-6-11-29(26)30(17-23)27-13-12-21(2)24(18-27)14-15-31(33)34/h5-13,16-19,22,32H,4,14-15,20H2,1-3H3,(H,33,34). The van der Waals surface area contributed by atoms with Gasteiger partial charge in [0.05, 0.1) is 6.61 Å². The Balaban J connectivity index is 1.62. The molecule has 4 nitrogen and oxygen atoms in total. The van der Waals surface area contributed by atoms with Gasteiger partial charge in [-0.2, -0.15) is 0 Å². The molecule has 0 aliphatic heterocycles. The second-order valence-electron chi connectivity index (χ2n) is 9.01. The van der Waals surface area contributed by atoms with Gasteiger partial charge in [-0.15, -0.1) is 0 Å². The molecule has 4 rings (SSSR count). The van der Waals surface area contributed by atoms with E-state index in [1.165, 1.54) is 27.5 Å². The van der Waals surface area contributed by atoms with Gasteiger partial charge in [0.25, 0.3) is 0 Å². The van der Waals surface area contributed by atoms with Gasteiger partial charge >= 0.3 is 5.97 Å². The number of hydrogen-bond donors (Lipinski definition) is 2. The van der Waals surface area contributed by atoms with E-state index in [9.17, 15) is 4.79 Å². The lowest BCUT2D eigenvalue weighted by atomic mass is 9.92. The summed E-state index contributed by atoms with van der Waals surface area (Å²) in [6.07, 6.45) is 0.671. The molecule has 0 spiro atoms. The number of aliphatic carboxylic acids is 1. The molecule has 1 atom stereocenters. The van der Waals surface area contributed by atoms with Crippen LogP contribution in [0.3, 0.4) is 0 Å². The SMILES string of the molecule is CCOc1cccc(C(C)NCc2cc(-c3ccc(C)c(CCC(=O)O)c3)c3ccccc3c2)c1. The van der Waals surface area contributed by atoms with Crippen molar-refractivity contribution in [1.29, 1.82) is 0 Å². The number of benzene rings is 4. The predicted molar refractivity (Wildman–Crippen MR) is 143 cm³/mol. The molecule has 0 saturated carbocycles. The summed E-state index contributed by atoms with van der Waals surface area (Å²) >= 11 is 0. The van der Waals surface area contributed by atoms with E-state index in [0.29, 0.717) is 13.0 Å². The lowest BCUT2D eigenvalue weighted by Gasteiger charge is -2.17. The molecule has 2 N–H and O–H groups in total. The van der Waals surface area contributed by atoms with Crippen LogP contribution >= 0.6 is 0 Å². The fourth-order valence-electron chi connectivity index (χ4n) is 4.49. The third-order valence-corrected chi connectivity index (χ3v) is 6.47. The monoisotopic (exact) mass is 467 g/mol. The van der Waals surface area contributed by atoms with Crippen molar-refractivity contribution in [3.8, 4) is 16.9 Å². The Morgan fingerprint density at radius 2 is 1.83 bits per heavy atom. The molecule has 4 heteroatoms. The first-order chi connectivity index (χ1) is 16.9. The van der Waals surface area contributed by atoms with Gasteiger partial charge < -0.3 is 15.2 Å². The number of fused-ring (bicyclic) bond motifs is 1. The highest BCUT2D eigenvalue weighted by Gasteiger charge is 2.11. The summed E-state index contributed by atoms with van der Waals surface area (Å²) in [6.45, 7) is 7.59. The maximum absolute atomic E-state index is 11.1. The van der Waals surface area contributed by atoms with E-state index in [1.54, 1.807) is 0 Å². The number of rotatable bonds is 10. The second kappa shape index (κ2) is 11.2. The number of carbonyl (C=O) groups is 1. The fraction of sp³-hybridized carbons (Fsp3) is 0.258. The lowest BCUT2D eigenvalue weighted by Crippen LogP contribution is -2.18. The van der Waals surface area contributed by atoms with Gasteiger partial charge in [-0.25, -0.2) is 0 Å². The smallest absolute Gasteiger partial charge is 0.303 e. The molecule has 180 valence electrons. The molecule has 0 heterocycles. The molecule has 4 aromatic rings. The van der Waals surface area contributed by atoms with E-state index in [4.69, 9.17) is 9.84 Å². The van der Waals surface area contributed by atoms with Crippen molar-refractivity contribution >= 4 is 16.7 Å². The molecule has 35 heavy (non-hydrogen) atoms. The Bertz CT molecular complexity index is 1330. The second-order valence-corrected chi connectivity index (χ2v) is 9.01. The van der Waals surface area contributed by atoms with Gasteiger partial charge in [0, 0.05) is 19.0 Å². The third-order valence-electron chi connectivity index (χ3n) is 6.47. The van der Waals surface area contributed by atoms with Crippen LogP contribution in [-0.2, 0) is 17.8 Å². The van der Waals surface area contributed by atoms with Gasteiger partial charge in [0.1, 0.15) is 5.75 Å². The van der Waals surface area contributed by atoms with Crippen LogP contribution in [0.1, 0.15) is 48.6 Å². The highest BCUT2D eigenvalue weighted by atomic mass is 16.5. The Labute approximate surface area is 207 Å². The van der Waals surface area contributed by atoms with Crippen LogP contribution in [0.2, 0.25) is 0 Å². The third kappa shape index (κ3) is 6.09. The van der Waals surface area contributed by atoms with Gasteiger partial charge in [0.15, 0.2) is 0 Å². The molecular formula is C31H33NO3. The summed E-state index contributed by atoms with van der Waals surface area (Å²) in [5, 5.41) is 15.2. The van der Waals surface area contributed by atoms with Gasteiger partial charge in [-0.1, -0.05) is 54.6 Å². The quantitative estimate of drug-likeness (QED) is 0.262. The van der Waals surface area contributed by atoms with Crippen molar-refractivity contribution in [1.82, 2.24) is 5.32 Å². The molecular weight excluding hydrogens is 434 g/mol. The summed E-state index contributed by atoms with van der Waals surface area (Å²) in [6, 6.07) is 27.7. The topological polar surface area (TPSA) is 58.6 Å². The molecule has 0 aromatic heterocycles. The highest BCUT2D eigenvalue weighted by molar-refractivity contribution is 5.97. The number of aryl methyl sites for hydroxylation is 2. The first-order valence-electron chi connectivity index (χ1n) is 12.2. The van der Waals surface area contributed by atoms with Crippen LogP contribution in [0.15, 0.2) is 78.9 Å². The number of hydrogen-bond acceptors (Lipinski definition) is 3. The lowest BCUT2D eigenvalue weighted by molar-refractivity contribution is -0.136. The van der Waals surface area contributed by atoms with E-state index in [1.807, 2.05) is 26.0 Å². The number of carboxylic acid groups (broad SMARTS) is 1. The first-order valence-corrected chi connectivity index (χ1v) is 12.2. The Morgan fingerprint density at radius 3 is 2.63 bits per heavy atom. The summed E-state index contributed by atoms with van der Waals surface area (Å²) in [7, 11) is 0. The largest absolute Gasteiger partial charge is 0.494 e. The number of nitrogens with one attached hydrogen (secondary N) is 1. The maximum Gasteiger partial charge on any atom is 0.303 e. The zero-order chi connectivity index (χ0) is 24.8.